The molecule has 1 aliphatic carbocycles. The van der Waals surface area contributed by atoms with Crippen molar-refractivity contribution in [3.63, 3.8) is 0 Å². The van der Waals surface area contributed by atoms with Gasteiger partial charge >= 0.3 is 0 Å². The molecule has 2 heterocycles. The molecule has 1 saturated heterocycles. The SMILES string of the molecule is Cc1c2c(nn1C1CCSCC1)CCC2. The predicted molar refractivity (Wildman–Crippen MR) is 64.6 cm³/mol. The van der Waals surface area contributed by atoms with Crippen molar-refractivity contribution >= 4 is 11.8 Å². The molecule has 15 heavy (non-hydrogen) atoms. The molecule has 1 aromatic rings. The second kappa shape index (κ2) is 3.85. The lowest BCUT2D eigenvalue weighted by Gasteiger charge is -2.23. The minimum atomic E-state index is 0.692. The third kappa shape index (κ3) is 1.61. The largest absolute Gasteiger partial charge is 0.266 e. The average Bonchev–Trinajstić information content (AvgIpc) is 2.83. The molecule has 0 aromatic carbocycles. The van der Waals surface area contributed by atoms with Gasteiger partial charge in [0.15, 0.2) is 0 Å². The summed E-state index contributed by atoms with van der Waals surface area (Å²) in [6.45, 7) is 2.26. The number of nitrogens with zero attached hydrogens (tertiary/aromatic N) is 2. The molecule has 82 valence electrons. The Kier molecular flexibility index (Phi) is 2.51. The number of hydrogen-bond donors (Lipinski definition) is 0. The number of aromatic nitrogens is 2. The summed E-state index contributed by atoms with van der Waals surface area (Å²) in [4.78, 5) is 0. The van der Waals surface area contributed by atoms with Crippen LogP contribution in [0.5, 0.6) is 0 Å². The number of thioether (sulfide) groups is 1. The van der Waals surface area contributed by atoms with E-state index in [1.807, 2.05) is 0 Å². The Morgan fingerprint density at radius 2 is 2.07 bits per heavy atom. The van der Waals surface area contributed by atoms with E-state index >= 15 is 0 Å². The molecule has 3 heteroatoms. The zero-order valence-electron chi connectivity index (χ0n) is 9.33. The van der Waals surface area contributed by atoms with Crippen LogP contribution in [0.1, 0.15) is 42.3 Å². The molecule has 0 radical (unpaired) electrons. The van der Waals surface area contributed by atoms with Crippen molar-refractivity contribution in [2.24, 2.45) is 0 Å². The van der Waals surface area contributed by atoms with Gasteiger partial charge in [0.2, 0.25) is 0 Å². The topological polar surface area (TPSA) is 17.8 Å². The van der Waals surface area contributed by atoms with E-state index in [1.54, 1.807) is 5.56 Å². The molecular formula is C12H18N2S. The lowest BCUT2D eigenvalue weighted by atomic mass is 10.1. The molecule has 0 atom stereocenters. The van der Waals surface area contributed by atoms with Crippen LogP contribution in [0, 0.1) is 6.92 Å². The summed E-state index contributed by atoms with van der Waals surface area (Å²) < 4.78 is 2.34. The Bertz CT molecular complexity index is 364. The molecule has 0 amide bonds. The maximum absolute atomic E-state index is 4.82. The van der Waals surface area contributed by atoms with Crippen molar-refractivity contribution in [3.05, 3.63) is 17.0 Å². The normalized spacial score (nSPS) is 21.9. The lowest BCUT2D eigenvalue weighted by Crippen LogP contribution is -2.18. The molecular weight excluding hydrogens is 204 g/mol. The summed E-state index contributed by atoms with van der Waals surface area (Å²) in [6.07, 6.45) is 6.42. The summed E-state index contributed by atoms with van der Waals surface area (Å²) in [7, 11) is 0. The smallest absolute Gasteiger partial charge is 0.0659 e. The highest BCUT2D eigenvalue weighted by atomic mass is 32.2. The van der Waals surface area contributed by atoms with Crippen LogP contribution < -0.4 is 0 Å². The van der Waals surface area contributed by atoms with Crippen LogP contribution >= 0.6 is 11.8 Å². The Balaban J connectivity index is 1.91. The molecule has 0 saturated carbocycles. The van der Waals surface area contributed by atoms with Crippen LogP contribution in [0.3, 0.4) is 0 Å². The minimum absolute atomic E-state index is 0.692. The molecule has 1 fully saturated rings. The van der Waals surface area contributed by atoms with Gasteiger partial charge in [-0.15, -0.1) is 0 Å². The third-order valence-corrected chi connectivity index (χ3v) is 4.78. The fourth-order valence-corrected chi connectivity index (χ4v) is 3.94. The molecule has 2 nitrogen and oxygen atoms in total. The molecule has 2 aliphatic rings. The van der Waals surface area contributed by atoms with E-state index in [4.69, 9.17) is 5.10 Å². The van der Waals surface area contributed by atoms with Crippen LogP contribution in [-0.4, -0.2) is 21.3 Å². The van der Waals surface area contributed by atoms with Crippen LogP contribution in [-0.2, 0) is 12.8 Å². The highest BCUT2D eigenvalue weighted by Gasteiger charge is 2.24. The maximum atomic E-state index is 4.82. The van der Waals surface area contributed by atoms with Gasteiger partial charge in [-0.25, -0.2) is 0 Å². The van der Waals surface area contributed by atoms with Gasteiger partial charge in [0.1, 0.15) is 0 Å². The fraction of sp³-hybridized carbons (Fsp3) is 0.750. The molecule has 1 aromatic heterocycles. The van der Waals surface area contributed by atoms with Gasteiger partial charge in [-0.1, -0.05) is 0 Å². The van der Waals surface area contributed by atoms with Crippen LogP contribution in [0.25, 0.3) is 0 Å². The van der Waals surface area contributed by atoms with Gasteiger partial charge in [0.05, 0.1) is 11.7 Å². The Labute approximate surface area is 95.4 Å². The highest BCUT2D eigenvalue weighted by molar-refractivity contribution is 7.99. The van der Waals surface area contributed by atoms with Gasteiger partial charge in [-0.05, 0) is 56.1 Å². The molecule has 3 rings (SSSR count). The van der Waals surface area contributed by atoms with E-state index in [1.165, 1.54) is 55.0 Å². The monoisotopic (exact) mass is 222 g/mol. The average molecular weight is 222 g/mol. The quantitative estimate of drug-likeness (QED) is 0.727. The molecule has 0 unspecified atom stereocenters. The highest BCUT2D eigenvalue weighted by Crippen LogP contribution is 2.31. The van der Waals surface area contributed by atoms with E-state index < -0.39 is 0 Å². The first-order valence-corrected chi connectivity index (χ1v) is 7.16. The van der Waals surface area contributed by atoms with Gasteiger partial charge in [0, 0.05) is 5.69 Å². The third-order valence-electron chi connectivity index (χ3n) is 3.73. The Morgan fingerprint density at radius 1 is 1.27 bits per heavy atom. The standard InChI is InChI=1S/C12H18N2S/c1-9-11-3-2-4-12(11)13-14(9)10-5-7-15-8-6-10/h10H,2-8H2,1H3. The van der Waals surface area contributed by atoms with Gasteiger partial charge in [-0.3, -0.25) is 4.68 Å². The van der Waals surface area contributed by atoms with E-state index in [0.717, 1.165) is 0 Å². The predicted octanol–water partition coefficient (Wildman–Crippen LogP) is 2.75. The van der Waals surface area contributed by atoms with Crippen molar-refractivity contribution in [1.82, 2.24) is 9.78 Å². The van der Waals surface area contributed by atoms with Crippen LogP contribution in [0.2, 0.25) is 0 Å². The fourth-order valence-electron chi connectivity index (χ4n) is 2.86. The first kappa shape index (κ1) is 9.76. The number of aryl methyl sites for hydroxylation is 1. The first-order chi connectivity index (χ1) is 7.36. The zero-order chi connectivity index (χ0) is 10.3. The van der Waals surface area contributed by atoms with Crippen molar-refractivity contribution < 1.29 is 0 Å². The van der Waals surface area contributed by atoms with Crippen LogP contribution in [0.15, 0.2) is 0 Å². The summed E-state index contributed by atoms with van der Waals surface area (Å²) >= 11 is 2.09. The van der Waals surface area contributed by atoms with E-state index in [2.05, 4.69) is 23.4 Å². The molecule has 0 spiro atoms. The summed E-state index contributed by atoms with van der Waals surface area (Å²) in [5.74, 6) is 2.63. The summed E-state index contributed by atoms with van der Waals surface area (Å²) in [5, 5.41) is 4.82. The number of hydrogen-bond acceptors (Lipinski definition) is 2. The van der Waals surface area contributed by atoms with Gasteiger partial charge in [-0.2, -0.15) is 16.9 Å². The number of fused-ring (bicyclic) bond motifs is 1. The van der Waals surface area contributed by atoms with Crippen molar-refractivity contribution in [2.75, 3.05) is 11.5 Å². The summed E-state index contributed by atoms with van der Waals surface area (Å²) in [6, 6.07) is 0.692. The second-order valence-electron chi connectivity index (χ2n) is 4.65. The molecule has 1 aliphatic heterocycles. The van der Waals surface area contributed by atoms with Crippen LogP contribution in [0.4, 0.5) is 0 Å². The zero-order valence-corrected chi connectivity index (χ0v) is 10.1. The molecule has 0 bridgehead atoms. The first-order valence-electron chi connectivity index (χ1n) is 6.01. The van der Waals surface area contributed by atoms with Gasteiger partial charge < -0.3 is 0 Å². The van der Waals surface area contributed by atoms with Crippen molar-refractivity contribution in [2.45, 2.75) is 45.1 Å². The van der Waals surface area contributed by atoms with Gasteiger partial charge in [0.25, 0.3) is 0 Å². The molecule has 0 N–H and O–H groups in total. The van der Waals surface area contributed by atoms with Crippen molar-refractivity contribution in [1.29, 1.82) is 0 Å². The van der Waals surface area contributed by atoms with E-state index in [0.29, 0.717) is 6.04 Å². The summed E-state index contributed by atoms with van der Waals surface area (Å²) in [5.41, 5.74) is 4.42. The Hall–Kier alpha value is -0.440. The maximum Gasteiger partial charge on any atom is 0.0659 e. The lowest BCUT2D eigenvalue weighted by molar-refractivity contribution is 0.414. The minimum Gasteiger partial charge on any atom is -0.266 e. The Morgan fingerprint density at radius 3 is 2.80 bits per heavy atom. The number of rotatable bonds is 1. The van der Waals surface area contributed by atoms with Crippen molar-refractivity contribution in [3.8, 4) is 0 Å². The second-order valence-corrected chi connectivity index (χ2v) is 5.88. The van der Waals surface area contributed by atoms with E-state index in [9.17, 15) is 0 Å². The van der Waals surface area contributed by atoms with E-state index in [-0.39, 0.29) is 0 Å².